The SMILES string of the molecule is C=CCOc1cc(OCC=C)c(C(=O)O)cc1OC(CO)COC(=O)CCC. The number of aliphatic hydroxyl groups is 1. The van der Waals surface area contributed by atoms with Crippen LogP contribution in [-0.2, 0) is 9.53 Å². The summed E-state index contributed by atoms with van der Waals surface area (Å²) >= 11 is 0. The van der Waals surface area contributed by atoms with E-state index in [2.05, 4.69) is 13.2 Å². The molecule has 8 nitrogen and oxygen atoms in total. The largest absolute Gasteiger partial charge is 0.488 e. The Morgan fingerprint density at radius 2 is 1.75 bits per heavy atom. The molecule has 2 N–H and O–H groups in total. The molecule has 1 rings (SSSR count). The van der Waals surface area contributed by atoms with Crippen LogP contribution in [0.1, 0.15) is 30.1 Å². The smallest absolute Gasteiger partial charge is 0.339 e. The number of carboxylic acid groups (broad SMARTS) is 1. The van der Waals surface area contributed by atoms with Gasteiger partial charge in [0, 0.05) is 18.6 Å². The average Bonchev–Trinajstić information content (AvgIpc) is 2.68. The van der Waals surface area contributed by atoms with Gasteiger partial charge >= 0.3 is 11.9 Å². The summed E-state index contributed by atoms with van der Waals surface area (Å²) in [5.74, 6) is -1.30. The van der Waals surface area contributed by atoms with E-state index in [1.807, 2.05) is 6.92 Å². The molecule has 0 fully saturated rings. The molecule has 0 spiro atoms. The Bertz CT molecular complexity index is 683. The van der Waals surface area contributed by atoms with Crippen molar-refractivity contribution >= 4 is 11.9 Å². The molecular formula is C20H26O8. The van der Waals surface area contributed by atoms with E-state index >= 15 is 0 Å². The number of benzene rings is 1. The van der Waals surface area contributed by atoms with Gasteiger partial charge in [0.25, 0.3) is 0 Å². The first-order chi connectivity index (χ1) is 13.5. The highest BCUT2D eigenvalue weighted by molar-refractivity contribution is 5.92. The van der Waals surface area contributed by atoms with Crippen molar-refractivity contribution < 1.29 is 38.7 Å². The number of rotatable bonds is 14. The summed E-state index contributed by atoms with van der Waals surface area (Å²) in [4.78, 5) is 23.1. The number of esters is 1. The monoisotopic (exact) mass is 394 g/mol. The van der Waals surface area contributed by atoms with Crippen LogP contribution in [-0.4, -0.2) is 54.7 Å². The van der Waals surface area contributed by atoms with Crippen LogP contribution >= 0.6 is 0 Å². The number of carboxylic acids is 1. The Balaban J connectivity index is 3.12. The standard InChI is InChI=1S/C20H26O8/c1-4-7-19(22)27-13-14(12-21)28-18-10-15(20(23)24)16(25-8-5-2)11-17(18)26-9-6-3/h5-6,10-11,14,21H,2-4,7-9,12-13H2,1H3,(H,23,24). The molecule has 154 valence electrons. The molecule has 0 saturated carbocycles. The topological polar surface area (TPSA) is 112 Å². The maximum Gasteiger partial charge on any atom is 0.339 e. The van der Waals surface area contributed by atoms with E-state index in [-0.39, 0.29) is 49.1 Å². The van der Waals surface area contributed by atoms with E-state index in [1.54, 1.807) is 0 Å². The summed E-state index contributed by atoms with van der Waals surface area (Å²) in [7, 11) is 0. The van der Waals surface area contributed by atoms with Gasteiger partial charge in [-0.3, -0.25) is 4.79 Å². The molecule has 1 aromatic rings. The lowest BCUT2D eigenvalue weighted by atomic mass is 10.1. The molecule has 0 aliphatic heterocycles. The highest BCUT2D eigenvalue weighted by Gasteiger charge is 2.21. The number of carbonyl (C=O) groups is 2. The first-order valence-electron chi connectivity index (χ1n) is 8.78. The van der Waals surface area contributed by atoms with Crippen LogP contribution in [0.5, 0.6) is 17.2 Å². The molecule has 8 heteroatoms. The van der Waals surface area contributed by atoms with Crippen LogP contribution in [0.3, 0.4) is 0 Å². The second-order valence-corrected chi connectivity index (χ2v) is 5.66. The Morgan fingerprint density at radius 3 is 2.29 bits per heavy atom. The molecule has 0 aliphatic carbocycles. The molecule has 0 bridgehead atoms. The normalized spacial score (nSPS) is 11.2. The number of ether oxygens (including phenoxy) is 4. The highest BCUT2D eigenvalue weighted by Crippen LogP contribution is 2.36. The Morgan fingerprint density at radius 1 is 1.11 bits per heavy atom. The molecule has 0 radical (unpaired) electrons. The van der Waals surface area contributed by atoms with Gasteiger partial charge in [0.2, 0.25) is 0 Å². The van der Waals surface area contributed by atoms with Gasteiger partial charge in [-0.15, -0.1) is 0 Å². The first kappa shape index (κ1) is 23.0. The Hall–Kier alpha value is -3.00. The molecule has 0 aromatic heterocycles. The lowest BCUT2D eigenvalue weighted by Crippen LogP contribution is -2.29. The quantitative estimate of drug-likeness (QED) is 0.366. The Labute approximate surface area is 164 Å². The molecule has 0 heterocycles. The third-order valence-electron chi connectivity index (χ3n) is 3.37. The fourth-order valence-electron chi connectivity index (χ4n) is 2.10. The van der Waals surface area contributed by atoms with Crippen molar-refractivity contribution in [1.82, 2.24) is 0 Å². The maximum atomic E-state index is 11.6. The van der Waals surface area contributed by atoms with E-state index in [1.165, 1.54) is 24.3 Å². The fraction of sp³-hybridized carbons (Fsp3) is 0.400. The van der Waals surface area contributed by atoms with Gasteiger partial charge in [-0.1, -0.05) is 32.2 Å². The van der Waals surface area contributed by atoms with E-state index < -0.39 is 24.6 Å². The van der Waals surface area contributed by atoms with Crippen LogP contribution in [0.4, 0.5) is 0 Å². The lowest BCUT2D eigenvalue weighted by molar-refractivity contribution is -0.146. The van der Waals surface area contributed by atoms with Crippen molar-refractivity contribution in [3.8, 4) is 17.2 Å². The summed E-state index contributed by atoms with van der Waals surface area (Å²) in [6.07, 6.45) is 2.98. The minimum Gasteiger partial charge on any atom is -0.488 e. The molecule has 0 amide bonds. The van der Waals surface area contributed by atoms with Gasteiger partial charge in [0.05, 0.1) is 6.61 Å². The average molecular weight is 394 g/mol. The van der Waals surface area contributed by atoms with Crippen molar-refractivity contribution in [2.75, 3.05) is 26.4 Å². The number of aromatic carboxylic acids is 1. The second-order valence-electron chi connectivity index (χ2n) is 5.66. The van der Waals surface area contributed by atoms with Crippen molar-refractivity contribution in [3.05, 3.63) is 43.0 Å². The van der Waals surface area contributed by atoms with Crippen molar-refractivity contribution in [2.24, 2.45) is 0 Å². The van der Waals surface area contributed by atoms with Crippen LogP contribution in [0.25, 0.3) is 0 Å². The minimum atomic E-state index is -1.23. The summed E-state index contributed by atoms with van der Waals surface area (Å²) in [5.41, 5.74) is -0.150. The zero-order chi connectivity index (χ0) is 20.9. The van der Waals surface area contributed by atoms with E-state index in [9.17, 15) is 19.8 Å². The molecule has 0 aliphatic rings. The third kappa shape index (κ3) is 7.32. The van der Waals surface area contributed by atoms with Crippen LogP contribution < -0.4 is 14.2 Å². The molecule has 28 heavy (non-hydrogen) atoms. The molecule has 1 atom stereocenters. The van der Waals surface area contributed by atoms with Crippen LogP contribution in [0.15, 0.2) is 37.4 Å². The van der Waals surface area contributed by atoms with Crippen LogP contribution in [0, 0.1) is 0 Å². The zero-order valence-corrected chi connectivity index (χ0v) is 15.9. The van der Waals surface area contributed by atoms with Gasteiger partial charge < -0.3 is 29.2 Å². The fourth-order valence-corrected chi connectivity index (χ4v) is 2.10. The van der Waals surface area contributed by atoms with Gasteiger partial charge in [0.15, 0.2) is 17.6 Å². The van der Waals surface area contributed by atoms with Gasteiger partial charge in [0.1, 0.15) is 31.1 Å². The summed E-state index contributed by atoms with van der Waals surface area (Å²) in [5, 5.41) is 19.0. The van der Waals surface area contributed by atoms with Gasteiger partial charge in [-0.2, -0.15) is 0 Å². The number of aliphatic hydroxyl groups excluding tert-OH is 1. The van der Waals surface area contributed by atoms with Crippen LogP contribution in [0.2, 0.25) is 0 Å². The Kier molecular flexibility index (Phi) is 10.2. The van der Waals surface area contributed by atoms with Crippen molar-refractivity contribution in [2.45, 2.75) is 25.9 Å². The van der Waals surface area contributed by atoms with Gasteiger partial charge in [-0.05, 0) is 6.42 Å². The summed E-state index contributed by atoms with van der Waals surface area (Å²) in [6, 6.07) is 2.61. The number of carbonyl (C=O) groups excluding carboxylic acids is 1. The summed E-state index contributed by atoms with van der Waals surface area (Å²) in [6.45, 7) is 8.54. The van der Waals surface area contributed by atoms with Crippen molar-refractivity contribution in [1.29, 1.82) is 0 Å². The predicted molar refractivity (Wildman–Crippen MR) is 102 cm³/mol. The minimum absolute atomic E-state index is 0.0655. The van der Waals surface area contributed by atoms with E-state index in [0.717, 1.165) is 0 Å². The van der Waals surface area contributed by atoms with Gasteiger partial charge in [-0.25, -0.2) is 4.79 Å². The molecule has 1 aromatic carbocycles. The van der Waals surface area contributed by atoms with E-state index in [0.29, 0.717) is 6.42 Å². The van der Waals surface area contributed by atoms with E-state index in [4.69, 9.17) is 18.9 Å². The molecule has 1 unspecified atom stereocenters. The summed E-state index contributed by atoms with van der Waals surface area (Å²) < 4.78 is 21.6. The zero-order valence-electron chi connectivity index (χ0n) is 15.9. The number of hydrogen-bond donors (Lipinski definition) is 2. The lowest BCUT2D eigenvalue weighted by Gasteiger charge is -2.20. The second kappa shape index (κ2) is 12.4. The highest BCUT2D eigenvalue weighted by atomic mass is 16.6. The third-order valence-corrected chi connectivity index (χ3v) is 3.37. The first-order valence-corrected chi connectivity index (χ1v) is 8.78. The maximum absolute atomic E-state index is 11.6. The molecule has 0 saturated heterocycles. The predicted octanol–water partition coefficient (Wildman–Crippen LogP) is 2.60. The number of hydrogen-bond acceptors (Lipinski definition) is 7. The van der Waals surface area contributed by atoms with Crippen molar-refractivity contribution in [3.63, 3.8) is 0 Å². The molecular weight excluding hydrogens is 368 g/mol.